The molecule has 0 saturated carbocycles. The van der Waals surface area contributed by atoms with Crippen molar-refractivity contribution >= 4 is 33.3 Å². The van der Waals surface area contributed by atoms with Gasteiger partial charge in [0.2, 0.25) is 0 Å². The van der Waals surface area contributed by atoms with E-state index in [1.54, 1.807) is 32.4 Å². The Morgan fingerprint density at radius 2 is 1.80 bits per heavy atom. The first-order valence-corrected chi connectivity index (χ1v) is 12.3. The maximum Gasteiger partial charge on any atom is 0.295 e. The highest BCUT2D eigenvalue weighted by molar-refractivity contribution is 7.92. The van der Waals surface area contributed by atoms with Crippen molar-refractivity contribution in [1.29, 1.82) is 0 Å². The Morgan fingerprint density at radius 3 is 2.46 bits per heavy atom. The second-order valence-corrected chi connectivity index (χ2v) is 9.88. The minimum atomic E-state index is -4.03. The summed E-state index contributed by atoms with van der Waals surface area (Å²) in [4.78, 5) is 10.8. The molecule has 3 rings (SSSR count). The van der Waals surface area contributed by atoms with Gasteiger partial charge in [-0.05, 0) is 57.5 Å². The molecular formula is C24H29N5O5S. The highest BCUT2D eigenvalue weighted by atomic mass is 32.2. The predicted molar refractivity (Wildman–Crippen MR) is 137 cm³/mol. The zero-order valence-corrected chi connectivity index (χ0v) is 21.1. The molecule has 0 radical (unpaired) electrons. The third kappa shape index (κ3) is 6.06. The minimum Gasteiger partial charge on any atom is -0.383 e. The van der Waals surface area contributed by atoms with Crippen LogP contribution in [0.25, 0.3) is 0 Å². The van der Waals surface area contributed by atoms with Gasteiger partial charge >= 0.3 is 0 Å². The summed E-state index contributed by atoms with van der Waals surface area (Å²) in [6.45, 7) is 8.89. The Morgan fingerprint density at radius 1 is 1.09 bits per heavy atom. The van der Waals surface area contributed by atoms with E-state index in [0.29, 0.717) is 18.8 Å². The van der Waals surface area contributed by atoms with Crippen molar-refractivity contribution in [3.63, 3.8) is 0 Å². The van der Waals surface area contributed by atoms with Crippen LogP contribution in [0.1, 0.15) is 28.1 Å². The van der Waals surface area contributed by atoms with E-state index in [1.807, 2.05) is 32.9 Å². The molecular weight excluding hydrogens is 470 g/mol. The first-order chi connectivity index (χ1) is 16.5. The number of methoxy groups -OCH3 is 1. The molecule has 0 bridgehead atoms. The van der Waals surface area contributed by atoms with E-state index in [1.165, 1.54) is 12.1 Å². The van der Waals surface area contributed by atoms with Gasteiger partial charge in [-0.25, -0.2) is 8.42 Å². The van der Waals surface area contributed by atoms with Gasteiger partial charge in [-0.3, -0.25) is 20.3 Å². The molecule has 10 nitrogen and oxygen atoms in total. The number of hydrazone groups is 1. The quantitative estimate of drug-likeness (QED) is 0.240. The number of ether oxygens (including phenoxy) is 1. The number of aryl methyl sites for hydroxylation is 3. The number of benzene rings is 2. The third-order valence-electron chi connectivity index (χ3n) is 5.62. The number of rotatable bonds is 10. The lowest BCUT2D eigenvalue weighted by Gasteiger charge is -2.12. The van der Waals surface area contributed by atoms with Crippen molar-refractivity contribution in [2.45, 2.75) is 39.1 Å². The van der Waals surface area contributed by atoms with E-state index >= 15 is 0 Å². The predicted octanol–water partition coefficient (Wildman–Crippen LogP) is 4.52. The smallest absolute Gasteiger partial charge is 0.295 e. The monoisotopic (exact) mass is 499 g/mol. The highest BCUT2D eigenvalue weighted by Gasteiger charge is 2.22. The van der Waals surface area contributed by atoms with E-state index in [2.05, 4.69) is 19.8 Å². The first-order valence-electron chi connectivity index (χ1n) is 10.9. The molecule has 0 aliphatic rings. The van der Waals surface area contributed by atoms with Crippen molar-refractivity contribution in [3.8, 4) is 0 Å². The molecule has 186 valence electrons. The maximum atomic E-state index is 12.9. The lowest BCUT2D eigenvalue weighted by atomic mass is 10.1. The van der Waals surface area contributed by atoms with Crippen molar-refractivity contribution in [3.05, 3.63) is 80.7 Å². The number of nitro groups is 1. The van der Waals surface area contributed by atoms with Crippen LogP contribution in [0.3, 0.4) is 0 Å². The van der Waals surface area contributed by atoms with E-state index in [0.717, 1.165) is 34.1 Å². The van der Waals surface area contributed by atoms with Gasteiger partial charge < -0.3 is 9.30 Å². The molecule has 3 aromatic rings. The summed E-state index contributed by atoms with van der Waals surface area (Å²) in [7, 11) is -2.39. The number of nitrogens with one attached hydrogen (secondary N) is 2. The van der Waals surface area contributed by atoms with Gasteiger partial charge in [0, 0.05) is 36.7 Å². The number of anilines is 2. The molecule has 2 N–H and O–H groups in total. The largest absolute Gasteiger partial charge is 0.383 e. The van der Waals surface area contributed by atoms with Gasteiger partial charge in [-0.1, -0.05) is 17.7 Å². The van der Waals surface area contributed by atoms with Crippen LogP contribution in [0.15, 0.2) is 52.5 Å². The molecule has 1 heterocycles. The van der Waals surface area contributed by atoms with Crippen molar-refractivity contribution < 1.29 is 18.1 Å². The summed E-state index contributed by atoms with van der Waals surface area (Å²) in [6, 6.07) is 10.9. The molecule has 0 spiro atoms. The summed E-state index contributed by atoms with van der Waals surface area (Å²) >= 11 is 0. The van der Waals surface area contributed by atoms with E-state index in [4.69, 9.17) is 4.74 Å². The number of hydrogen-bond acceptors (Lipinski definition) is 7. The van der Waals surface area contributed by atoms with Crippen LogP contribution in [-0.2, 0) is 21.3 Å². The van der Waals surface area contributed by atoms with Crippen LogP contribution in [0, 0.1) is 37.8 Å². The standard InChI is InChI=1S/C24H29N5O5S/c1-16-6-8-22(17(2)12-16)27-35(32,33)21-7-9-23(24(14-21)29(30)31)26-25-15-20-13-18(3)28(19(20)4)10-11-34-5/h6-9,12-15,26-27H,10-11H2,1-5H3/b25-15-. The van der Waals surface area contributed by atoms with Crippen molar-refractivity contribution in [1.82, 2.24) is 4.57 Å². The topological polar surface area (TPSA) is 128 Å². The van der Waals surface area contributed by atoms with Gasteiger partial charge in [0.1, 0.15) is 5.69 Å². The lowest BCUT2D eigenvalue weighted by molar-refractivity contribution is -0.384. The molecule has 11 heteroatoms. The molecule has 0 unspecified atom stereocenters. The Bertz CT molecular complexity index is 1380. The maximum absolute atomic E-state index is 12.9. The fourth-order valence-corrected chi connectivity index (χ4v) is 4.86. The van der Waals surface area contributed by atoms with Gasteiger partial charge in [0.15, 0.2) is 0 Å². The molecule has 1 aromatic heterocycles. The van der Waals surface area contributed by atoms with Gasteiger partial charge in [0.25, 0.3) is 15.7 Å². The van der Waals surface area contributed by atoms with E-state index in [-0.39, 0.29) is 10.6 Å². The first kappa shape index (κ1) is 25.9. The molecule has 0 saturated heterocycles. The summed E-state index contributed by atoms with van der Waals surface area (Å²) in [5.74, 6) is 0. The molecule has 0 aliphatic heterocycles. The molecule has 0 fully saturated rings. The van der Waals surface area contributed by atoms with Crippen LogP contribution in [0.2, 0.25) is 0 Å². The van der Waals surface area contributed by atoms with Crippen LogP contribution in [-0.4, -0.2) is 37.8 Å². The highest BCUT2D eigenvalue weighted by Crippen LogP contribution is 2.29. The summed E-state index contributed by atoms with van der Waals surface area (Å²) < 4.78 is 35.5. The zero-order valence-electron chi connectivity index (χ0n) is 20.3. The Labute approximate surface area is 204 Å². The Balaban J connectivity index is 1.83. The number of nitrogens with zero attached hydrogens (tertiary/aromatic N) is 3. The van der Waals surface area contributed by atoms with Crippen LogP contribution < -0.4 is 10.1 Å². The molecule has 0 aliphatic carbocycles. The number of sulfonamides is 1. The SMILES string of the molecule is COCCn1c(C)cc(/C=N\Nc2ccc(S(=O)(=O)Nc3ccc(C)cc3C)cc2[N+](=O)[O-])c1C. The Kier molecular flexibility index (Phi) is 7.92. The summed E-state index contributed by atoms with van der Waals surface area (Å²) in [5, 5.41) is 15.8. The van der Waals surface area contributed by atoms with Gasteiger partial charge in [-0.2, -0.15) is 5.10 Å². The third-order valence-corrected chi connectivity index (χ3v) is 6.99. The average molecular weight is 500 g/mol. The lowest BCUT2D eigenvalue weighted by Crippen LogP contribution is -2.14. The van der Waals surface area contributed by atoms with Crippen molar-refractivity contribution in [2.75, 3.05) is 23.9 Å². The second-order valence-electron chi connectivity index (χ2n) is 8.20. The van der Waals surface area contributed by atoms with Crippen LogP contribution >= 0.6 is 0 Å². The number of aromatic nitrogens is 1. The molecule has 0 atom stereocenters. The molecule has 0 amide bonds. The fraction of sp³-hybridized carbons (Fsp3) is 0.292. The molecule has 2 aromatic carbocycles. The van der Waals surface area contributed by atoms with E-state index < -0.39 is 20.6 Å². The number of hydrogen-bond donors (Lipinski definition) is 2. The number of nitro benzene ring substituents is 1. The fourth-order valence-electron chi connectivity index (χ4n) is 3.71. The summed E-state index contributed by atoms with van der Waals surface area (Å²) in [6.07, 6.45) is 1.57. The van der Waals surface area contributed by atoms with Crippen LogP contribution in [0.4, 0.5) is 17.1 Å². The normalized spacial score (nSPS) is 11.7. The Hall–Kier alpha value is -3.70. The zero-order chi connectivity index (χ0) is 25.8. The average Bonchev–Trinajstić information content (AvgIpc) is 3.06. The van der Waals surface area contributed by atoms with Gasteiger partial charge in [0.05, 0.1) is 28.3 Å². The van der Waals surface area contributed by atoms with Gasteiger partial charge in [-0.15, -0.1) is 0 Å². The second kappa shape index (κ2) is 10.7. The van der Waals surface area contributed by atoms with Crippen molar-refractivity contribution in [2.24, 2.45) is 5.10 Å². The minimum absolute atomic E-state index is 0.0740. The summed E-state index contributed by atoms with van der Waals surface area (Å²) in [5.41, 5.74) is 7.36. The van der Waals surface area contributed by atoms with E-state index in [9.17, 15) is 18.5 Å². The van der Waals surface area contributed by atoms with Crippen LogP contribution in [0.5, 0.6) is 0 Å². The molecule has 35 heavy (non-hydrogen) atoms.